The third kappa shape index (κ3) is 6.45. The molecule has 0 unspecified atom stereocenters. The number of fused-ring (bicyclic) bond motifs is 4. The molecule has 3 aromatic heterocycles. The van der Waals surface area contributed by atoms with Crippen LogP contribution in [0.4, 0.5) is 0 Å². The predicted octanol–water partition coefficient (Wildman–Crippen LogP) is 8.35. The summed E-state index contributed by atoms with van der Waals surface area (Å²) < 4.78 is 5.35. The quantitative estimate of drug-likeness (QED) is 0.170. The van der Waals surface area contributed by atoms with Crippen molar-refractivity contribution in [2.24, 2.45) is 20.0 Å². The topological polar surface area (TPSA) is 147 Å². The molecule has 2 aromatic carbocycles. The second-order valence-electron chi connectivity index (χ2n) is 13.9. The van der Waals surface area contributed by atoms with E-state index >= 15 is 0 Å². The molecule has 0 saturated heterocycles. The average molecular weight is 781 g/mol. The number of methoxy groups -OCH3 is 1. The van der Waals surface area contributed by atoms with Crippen LogP contribution >= 0.6 is 0 Å². The SMILES string of the molecule is COc1cccc(C(=O)NC2=C3N=C(C=C3c3ccccc3)C(c3ccncc3)=C3C=CC(=N3)C(c3ccncc3)=C3C=CC(=N3)C(c3ccncc3)=C3C=CC2=N3)c1O. The molecule has 0 spiro atoms. The van der Waals surface area contributed by atoms with Gasteiger partial charge in [-0.3, -0.25) is 19.7 Å². The second-order valence-corrected chi connectivity index (χ2v) is 13.9. The number of hydrogen-bond acceptors (Lipinski definition) is 10. The van der Waals surface area contributed by atoms with Crippen LogP contribution in [0.5, 0.6) is 11.5 Å². The molecule has 0 radical (unpaired) electrons. The number of hydrogen-bond donors (Lipinski definition) is 2. The molecular weight excluding hydrogens is 749 g/mol. The number of ether oxygens (including phenoxy) is 1. The van der Waals surface area contributed by atoms with Crippen molar-refractivity contribution >= 4 is 51.0 Å². The molecule has 0 fully saturated rings. The molecule has 5 aromatic rings. The van der Waals surface area contributed by atoms with Gasteiger partial charge in [0.1, 0.15) is 0 Å². The normalized spacial score (nSPS) is 16.6. The minimum atomic E-state index is -0.579. The zero-order chi connectivity index (χ0) is 40.6. The number of aromatic nitrogens is 3. The van der Waals surface area contributed by atoms with E-state index in [0.717, 1.165) is 50.2 Å². The molecule has 11 nitrogen and oxygen atoms in total. The minimum Gasteiger partial charge on any atom is -0.504 e. The fraction of sp³-hybridized carbons (Fsp3) is 0.0204. The predicted molar refractivity (Wildman–Crippen MR) is 234 cm³/mol. The van der Waals surface area contributed by atoms with Crippen molar-refractivity contribution in [1.29, 1.82) is 0 Å². The molecule has 5 aliphatic rings. The van der Waals surface area contributed by atoms with Gasteiger partial charge in [0.15, 0.2) is 11.5 Å². The molecule has 8 heterocycles. The maximum absolute atomic E-state index is 14.4. The number of carbonyl (C=O) groups excluding carboxylic acids is 1. The Morgan fingerprint density at radius 1 is 0.533 bits per heavy atom. The van der Waals surface area contributed by atoms with Gasteiger partial charge in [-0.25, -0.2) is 20.0 Å². The fourth-order valence-corrected chi connectivity index (χ4v) is 7.63. The number of nitrogens with zero attached hydrogens (tertiary/aromatic N) is 7. The Bertz CT molecular complexity index is 3020. The van der Waals surface area contributed by atoms with Gasteiger partial charge >= 0.3 is 0 Å². The first kappa shape index (κ1) is 35.9. The number of aromatic hydroxyl groups is 1. The molecule has 2 N–H and O–H groups in total. The third-order valence-corrected chi connectivity index (χ3v) is 10.4. The number of rotatable bonds is 7. The fourth-order valence-electron chi connectivity index (χ4n) is 7.63. The van der Waals surface area contributed by atoms with E-state index in [9.17, 15) is 9.90 Å². The molecule has 11 heteroatoms. The molecule has 1 amide bonds. The first-order valence-electron chi connectivity index (χ1n) is 19.1. The molecule has 8 bridgehead atoms. The van der Waals surface area contributed by atoms with Crippen LogP contribution < -0.4 is 10.1 Å². The summed E-state index contributed by atoms with van der Waals surface area (Å²) >= 11 is 0. The summed E-state index contributed by atoms with van der Waals surface area (Å²) in [4.78, 5) is 48.4. The van der Waals surface area contributed by atoms with E-state index in [1.54, 1.807) is 49.3 Å². The zero-order valence-corrected chi connectivity index (χ0v) is 32.0. The standard InChI is InChI=1S/C49H32N8O3/c1-60-42-9-5-8-33(48(42)58)49(59)57-47-40-15-14-38(55-40)44(31-18-24-51-25-19-31)37-11-10-35(53-37)43(30-16-22-50-23-17-30)36-12-13-39(54-36)45(32-20-26-52-27-21-32)41-28-34(46(47)56-41)29-6-3-2-4-7-29/h2-28,58H,1H3,(H,57,59). The number of benzene rings is 2. The Kier molecular flexibility index (Phi) is 9.07. The summed E-state index contributed by atoms with van der Waals surface area (Å²) in [6.45, 7) is 0. The maximum atomic E-state index is 14.4. The summed E-state index contributed by atoms with van der Waals surface area (Å²) in [6.07, 6.45) is 24.2. The summed E-state index contributed by atoms with van der Waals surface area (Å²) in [6, 6.07) is 26.2. The van der Waals surface area contributed by atoms with Crippen LogP contribution in [-0.4, -0.2) is 55.9 Å². The Morgan fingerprint density at radius 3 is 1.57 bits per heavy atom. The number of allylic oxidation sites excluding steroid dienone is 11. The van der Waals surface area contributed by atoms with Crippen molar-refractivity contribution in [3.05, 3.63) is 221 Å². The van der Waals surface area contributed by atoms with E-state index in [1.165, 1.54) is 13.2 Å². The lowest BCUT2D eigenvalue weighted by atomic mass is 9.96. The Morgan fingerprint density at radius 2 is 1.03 bits per heavy atom. The monoisotopic (exact) mass is 780 g/mol. The van der Waals surface area contributed by atoms with E-state index in [-0.39, 0.29) is 17.1 Å². The highest BCUT2D eigenvalue weighted by molar-refractivity contribution is 6.39. The van der Waals surface area contributed by atoms with Crippen molar-refractivity contribution in [2.75, 3.05) is 7.11 Å². The molecule has 0 atom stereocenters. The van der Waals surface area contributed by atoms with Crippen LogP contribution in [0.3, 0.4) is 0 Å². The van der Waals surface area contributed by atoms with Gasteiger partial charge in [0, 0.05) is 59.5 Å². The molecule has 60 heavy (non-hydrogen) atoms. The lowest BCUT2D eigenvalue weighted by Gasteiger charge is -2.15. The number of para-hydroxylation sites is 1. The summed E-state index contributed by atoms with van der Waals surface area (Å²) in [5.41, 5.74) is 11.8. The molecule has 0 aliphatic carbocycles. The highest BCUT2D eigenvalue weighted by atomic mass is 16.5. The number of pyridine rings is 3. The first-order chi connectivity index (χ1) is 29.5. The highest BCUT2D eigenvalue weighted by Crippen LogP contribution is 2.40. The first-order valence-corrected chi connectivity index (χ1v) is 19.1. The van der Waals surface area contributed by atoms with Gasteiger partial charge in [0.25, 0.3) is 5.91 Å². The summed E-state index contributed by atoms with van der Waals surface area (Å²) in [7, 11) is 1.44. The van der Waals surface area contributed by atoms with Crippen molar-refractivity contribution in [2.45, 2.75) is 0 Å². The van der Waals surface area contributed by atoms with E-state index in [1.807, 2.05) is 109 Å². The summed E-state index contributed by atoms with van der Waals surface area (Å²) in [5, 5.41) is 14.2. The van der Waals surface area contributed by atoms with Crippen molar-refractivity contribution in [1.82, 2.24) is 20.3 Å². The van der Waals surface area contributed by atoms with Crippen LogP contribution in [0.2, 0.25) is 0 Å². The van der Waals surface area contributed by atoms with Gasteiger partial charge < -0.3 is 15.2 Å². The maximum Gasteiger partial charge on any atom is 0.259 e. The molecule has 0 saturated carbocycles. The Hall–Kier alpha value is -8.44. The smallest absolute Gasteiger partial charge is 0.259 e. The van der Waals surface area contributed by atoms with Gasteiger partial charge in [0.2, 0.25) is 0 Å². The van der Waals surface area contributed by atoms with Crippen LogP contribution in [0.15, 0.2) is 213 Å². The van der Waals surface area contributed by atoms with Crippen molar-refractivity contribution < 1.29 is 14.6 Å². The van der Waals surface area contributed by atoms with Gasteiger partial charge in [-0.2, -0.15) is 0 Å². The third-order valence-electron chi connectivity index (χ3n) is 10.4. The van der Waals surface area contributed by atoms with Crippen LogP contribution in [-0.2, 0) is 0 Å². The highest BCUT2D eigenvalue weighted by Gasteiger charge is 2.31. The number of phenolic OH excluding ortho intramolecular Hbond substituents is 1. The van der Waals surface area contributed by atoms with E-state index < -0.39 is 5.91 Å². The molecular formula is C49H32N8O3. The van der Waals surface area contributed by atoms with E-state index in [0.29, 0.717) is 45.6 Å². The molecule has 286 valence electrons. The van der Waals surface area contributed by atoms with Gasteiger partial charge in [-0.1, -0.05) is 36.4 Å². The number of aliphatic imine (C=N–C) groups is 4. The number of nitrogens with one attached hydrogen (secondary N) is 1. The van der Waals surface area contributed by atoms with Crippen LogP contribution in [0, 0.1) is 0 Å². The lowest BCUT2D eigenvalue weighted by Crippen LogP contribution is -2.28. The second kappa shape index (κ2) is 15.1. The van der Waals surface area contributed by atoms with Gasteiger partial charge in [0.05, 0.1) is 64.0 Å². The van der Waals surface area contributed by atoms with E-state index in [4.69, 9.17) is 24.7 Å². The summed E-state index contributed by atoms with van der Waals surface area (Å²) in [5.74, 6) is -0.703. The Labute approximate surface area is 344 Å². The number of amides is 1. The van der Waals surface area contributed by atoms with Crippen LogP contribution in [0.1, 0.15) is 32.6 Å². The Balaban J connectivity index is 1.29. The number of carbonyl (C=O) groups is 1. The van der Waals surface area contributed by atoms with Crippen molar-refractivity contribution in [3.63, 3.8) is 0 Å². The van der Waals surface area contributed by atoms with Gasteiger partial charge in [-0.05, 0) is 113 Å². The average Bonchev–Trinajstić information content (AvgIpc) is 4.14. The van der Waals surface area contributed by atoms with Gasteiger partial charge in [-0.15, -0.1) is 0 Å². The van der Waals surface area contributed by atoms with Crippen LogP contribution in [0.25, 0.3) is 22.3 Å². The molecule has 10 rings (SSSR count). The van der Waals surface area contributed by atoms with E-state index in [2.05, 4.69) is 20.3 Å². The lowest BCUT2D eigenvalue weighted by molar-refractivity contribution is 0.0964. The van der Waals surface area contributed by atoms with Crippen molar-refractivity contribution in [3.8, 4) is 11.5 Å². The minimum absolute atomic E-state index is 0.0187. The largest absolute Gasteiger partial charge is 0.504 e. The number of phenols is 1. The zero-order valence-electron chi connectivity index (χ0n) is 32.0. The molecule has 5 aliphatic heterocycles.